The monoisotopic (exact) mass is 459 g/mol. The van der Waals surface area contributed by atoms with Gasteiger partial charge < -0.3 is 9.47 Å². The van der Waals surface area contributed by atoms with Gasteiger partial charge in [-0.25, -0.2) is 22.8 Å². The standard InChI is InChI=1S/C21H25N5O5S/c1-3-24-14-22-19-18(24)20(28)26(21(29)25(19)11-15-7-5-4-6-8-15)12-17(27)23(2)16-9-10-32(30,31)13-16/h4-8,14,16H,3,9-13H2,1-2H3. The molecule has 1 aliphatic heterocycles. The van der Waals surface area contributed by atoms with Gasteiger partial charge in [-0.15, -0.1) is 0 Å². The first-order chi connectivity index (χ1) is 15.2. The van der Waals surface area contributed by atoms with Crippen LogP contribution in [0.25, 0.3) is 11.2 Å². The Labute approximate surface area is 184 Å². The Kier molecular flexibility index (Phi) is 5.76. The third kappa shape index (κ3) is 3.99. The number of likely N-dealkylation sites (N-methyl/N-ethyl adjacent to an activating group) is 1. The Morgan fingerprint density at radius 2 is 1.91 bits per heavy atom. The molecule has 0 aliphatic carbocycles. The van der Waals surface area contributed by atoms with Crippen LogP contribution in [0.3, 0.4) is 0 Å². The van der Waals surface area contributed by atoms with Crippen molar-refractivity contribution >= 4 is 26.9 Å². The summed E-state index contributed by atoms with van der Waals surface area (Å²) in [4.78, 5) is 45.0. The van der Waals surface area contributed by atoms with Crippen LogP contribution in [0.2, 0.25) is 0 Å². The van der Waals surface area contributed by atoms with Crippen LogP contribution in [-0.2, 0) is 34.3 Å². The van der Waals surface area contributed by atoms with Crippen molar-refractivity contribution in [1.82, 2.24) is 23.6 Å². The predicted molar refractivity (Wildman–Crippen MR) is 119 cm³/mol. The fraction of sp³-hybridized carbons (Fsp3) is 0.429. The lowest BCUT2D eigenvalue weighted by Gasteiger charge is -2.23. The Morgan fingerprint density at radius 3 is 2.53 bits per heavy atom. The lowest BCUT2D eigenvalue weighted by Crippen LogP contribution is -2.46. The fourth-order valence-electron chi connectivity index (χ4n) is 4.06. The first kappa shape index (κ1) is 22.0. The lowest BCUT2D eigenvalue weighted by molar-refractivity contribution is -0.132. The summed E-state index contributed by atoms with van der Waals surface area (Å²) in [6.07, 6.45) is 1.86. The van der Waals surface area contributed by atoms with E-state index < -0.39 is 39.6 Å². The van der Waals surface area contributed by atoms with Crippen molar-refractivity contribution in [2.75, 3.05) is 18.6 Å². The minimum Gasteiger partial charge on any atom is -0.340 e. The van der Waals surface area contributed by atoms with Crippen LogP contribution >= 0.6 is 0 Å². The predicted octanol–water partition coefficient (Wildman–Crippen LogP) is 0.0734. The lowest BCUT2D eigenvalue weighted by atomic mass is 10.2. The molecule has 4 rings (SSSR count). The highest BCUT2D eigenvalue weighted by Gasteiger charge is 2.33. The molecule has 0 N–H and O–H groups in total. The first-order valence-electron chi connectivity index (χ1n) is 10.4. The van der Waals surface area contributed by atoms with Crippen LogP contribution in [0, 0.1) is 0 Å². The maximum absolute atomic E-state index is 13.3. The number of rotatable bonds is 6. The van der Waals surface area contributed by atoms with E-state index in [1.807, 2.05) is 37.3 Å². The summed E-state index contributed by atoms with van der Waals surface area (Å²) >= 11 is 0. The van der Waals surface area contributed by atoms with E-state index in [9.17, 15) is 22.8 Å². The van der Waals surface area contributed by atoms with Crippen molar-refractivity contribution in [2.24, 2.45) is 0 Å². The Bertz CT molecular complexity index is 1390. The number of hydrogen-bond donors (Lipinski definition) is 0. The third-order valence-corrected chi connectivity index (χ3v) is 7.70. The van der Waals surface area contributed by atoms with E-state index in [-0.39, 0.29) is 29.2 Å². The molecule has 1 aromatic carbocycles. The Morgan fingerprint density at radius 1 is 1.19 bits per heavy atom. The zero-order valence-electron chi connectivity index (χ0n) is 18.0. The van der Waals surface area contributed by atoms with Gasteiger partial charge in [-0.2, -0.15) is 0 Å². The highest BCUT2D eigenvalue weighted by atomic mass is 32.2. The molecular weight excluding hydrogens is 434 g/mol. The second-order valence-electron chi connectivity index (χ2n) is 8.01. The SMILES string of the molecule is CCn1cnc2c1c(=O)n(CC(=O)N(C)C1CCS(=O)(=O)C1)c(=O)n2Cc1ccccc1. The molecule has 32 heavy (non-hydrogen) atoms. The van der Waals surface area contributed by atoms with Crippen molar-refractivity contribution < 1.29 is 13.2 Å². The highest BCUT2D eigenvalue weighted by Crippen LogP contribution is 2.17. The molecule has 2 aromatic heterocycles. The number of nitrogens with zero attached hydrogens (tertiary/aromatic N) is 5. The van der Waals surface area contributed by atoms with Gasteiger partial charge in [0.2, 0.25) is 5.91 Å². The summed E-state index contributed by atoms with van der Waals surface area (Å²) in [6, 6.07) is 8.85. The maximum atomic E-state index is 13.3. The Balaban J connectivity index is 1.76. The van der Waals surface area contributed by atoms with Crippen LogP contribution < -0.4 is 11.2 Å². The van der Waals surface area contributed by atoms with E-state index in [2.05, 4.69) is 4.98 Å². The molecule has 1 atom stereocenters. The van der Waals surface area contributed by atoms with E-state index in [0.29, 0.717) is 13.0 Å². The molecule has 3 heterocycles. The van der Waals surface area contributed by atoms with Gasteiger partial charge in [-0.1, -0.05) is 30.3 Å². The summed E-state index contributed by atoms with van der Waals surface area (Å²) in [5, 5.41) is 0. The van der Waals surface area contributed by atoms with Gasteiger partial charge in [0.05, 0.1) is 24.4 Å². The van der Waals surface area contributed by atoms with E-state index in [0.717, 1.165) is 10.1 Å². The first-order valence-corrected chi connectivity index (χ1v) is 12.2. The average Bonchev–Trinajstić information content (AvgIpc) is 3.37. The van der Waals surface area contributed by atoms with Crippen LogP contribution in [0.15, 0.2) is 46.2 Å². The number of benzene rings is 1. The number of imidazole rings is 1. The zero-order chi connectivity index (χ0) is 23.0. The number of amides is 1. The Hall–Kier alpha value is -3.21. The quantitative estimate of drug-likeness (QED) is 0.515. The smallest absolute Gasteiger partial charge is 0.333 e. The molecule has 10 nitrogen and oxygen atoms in total. The minimum absolute atomic E-state index is 0.0285. The van der Waals surface area contributed by atoms with Gasteiger partial charge in [0.15, 0.2) is 21.0 Å². The van der Waals surface area contributed by atoms with Crippen LogP contribution in [0.5, 0.6) is 0 Å². The summed E-state index contributed by atoms with van der Waals surface area (Å²) < 4.78 is 27.5. The molecule has 1 unspecified atom stereocenters. The summed E-state index contributed by atoms with van der Waals surface area (Å²) in [6.45, 7) is 2.06. The number of fused-ring (bicyclic) bond motifs is 1. The summed E-state index contributed by atoms with van der Waals surface area (Å²) in [5.41, 5.74) is 0.154. The second-order valence-corrected chi connectivity index (χ2v) is 10.2. The zero-order valence-corrected chi connectivity index (χ0v) is 18.8. The van der Waals surface area contributed by atoms with Gasteiger partial charge in [0, 0.05) is 19.6 Å². The molecule has 3 aromatic rings. The molecular formula is C21H25N5O5S. The van der Waals surface area contributed by atoms with Gasteiger partial charge in [0.1, 0.15) is 6.54 Å². The van der Waals surface area contributed by atoms with Crippen molar-refractivity contribution in [2.45, 2.75) is 39.0 Å². The molecule has 0 radical (unpaired) electrons. The molecule has 1 amide bonds. The molecule has 1 saturated heterocycles. The fourth-order valence-corrected chi connectivity index (χ4v) is 5.83. The third-order valence-electron chi connectivity index (χ3n) is 5.95. The molecule has 0 spiro atoms. The number of carbonyl (C=O) groups is 1. The normalized spacial score (nSPS) is 17.6. The number of aryl methyl sites for hydroxylation is 1. The van der Waals surface area contributed by atoms with Crippen molar-refractivity contribution in [3.63, 3.8) is 0 Å². The number of sulfone groups is 1. The minimum atomic E-state index is -3.17. The van der Waals surface area contributed by atoms with Crippen LogP contribution in [0.1, 0.15) is 18.9 Å². The largest absolute Gasteiger partial charge is 0.340 e. The number of hydrogen-bond acceptors (Lipinski definition) is 6. The molecule has 11 heteroatoms. The molecule has 170 valence electrons. The van der Waals surface area contributed by atoms with Gasteiger partial charge in [0.25, 0.3) is 5.56 Å². The van der Waals surface area contributed by atoms with E-state index in [1.54, 1.807) is 4.57 Å². The molecule has 1 fully saturated rings. The van der Waals surface area contributed by atoms with Crippen LogP contribution in [-0.4, -0.2) is 62.5 Å². The molecule has 0 saturated carbocycles. The number of carbonyl (C=O) groups excluding carboxylic acids is 1. The maximum Gasteiger partial charge on any atom is 0.333 e. The van der Waals surface area contributed by atoms with Crippen molar-refractivity contribution in [3.8, 4) is 0 Å². The van der Waals surface area contributed by atoms with E-state index >= 15 is 0 Å². The summed E-state index contributed by atoms with van der Waals surface area (Å²) in [5.74, 6) is -0.565. The van der Waals surface area contributed by atoms with Crippen molar-refractivity contribution in [3.05, 3.63) is 63.1 Å². The van der Waals surface area contributed by atoms with Gasteiger partial charge in [-0.05, 0) is 18.9 Å². The van der Waals surface area contributed by atoms with E-state index in [4.69, 9.17) is 0 Å². The summed E-state index contributed by atoms with van der Waals surface area (Å²) in [7, 11) is -1.66. The molecule has 0 bridgehead atoms. The average molecular weight is 460 g/mol. The molecule has 1 aliphatic rings. The topological polar surface area (TPSA) is 116 Å². The highest BCUT2D eigenvalue weighted by molar-refractivity contribution is 7.91. The second kappa shape index (κ2) is 8.38. The number of aromatic nitrogens is 4. The van der Waals surface area contributed by atoms with Crippen LogP contribution in [0.4, 0.5) is 0 Å². The van der Waals surface area contributed by atoms with E-state index in [1.165, 1.54) is 22.8 Å². The van der Waals surface area contributed by atoms with Gasteiger partial charge in [-0.3, -0.25) is 14.2 Å². The van der Waals surface area contributed by atoms with Crippen molar-refractivity contribution in [1.29, 1.82) is 0 Å². The van der Waals surface area contributed by atoms with Gasteiger partial charge >= 0.3 is 5.69 Å².